The molecule has 3 aromatic rings. The predicted molar refractivity (Wildman–Crippen MR) is 98.7 cm³/mol. The molecule has 1 aliphatic heterocycles. The Morgan fingerprint density at radius 2 is 1.92 bits per heavy atom. The number of hydrogen-bond acceptors (Lipinski definition) is 6. The van der Waals surface area contributed by atoms with Crippen LogP contribution in [0.3, 0.4) is 0 Å². The van der Waals surface area contributed by atoms with E-state index >= 15 is 0 Å². The van der Waals surface area contributed by atoms with Gasteiger partial charge < -0.3 is 18.9 Å². The molecule has 0 atom stereocenters. The van der Waals surface area contributed by atoms with Crippen molar-refractivity contribution >= 4 is 5.69 Å². The molecule has 0 unspecified atom stereocenters. The zero-order valence-corrected chi connectivity index (χ0v) is 14.9. The van der Waals surface area contributed by atoms with Gasteiger partial charge in [0.15, 0.2) is 0 Å². The van der Waals surface area contributed by atoms with Crippen molar-refractivity contribution in [2.75, 3.05) is 25.7 Å². The highest BCUT2D eigenvalue weighted by Gasteiger charge is 2.20. The molecule has 1 aliphatic rings. The Balaban J connectivity index is 1.55. The molecule has 0 amide bonds. The fraction of sp³-hybridized carbons (Fsp3) is 0.300. The normalized spacial score (nSPS) is 13.4. The quantitative estimate of drug-likeness (QED) is 0.698. The van der Waals surface area contributed by atoms with Crippen LogP contribution in [0.2, 0.25) is 0 Å². The number of anilines is 1. The summed E-state index contributed by atoms with van der Waals surface area (Å²) in [7, 11) is 3.34. The van der Waals surface area contributed by atoms with Gasteiger partial charge in [-0.2, -0.15) is 4.98 Å². The molecule has 6 nitrogen and oxygen atoms in total. The number of nitrogens with zero attached hydrogens (tertiary/aromatic N) is 3. The second-order valence-corrected chi connectivity index (χ2v) is 6.26. The monoisotopic (exact) mass is 351 g/mol. The van der Waals surface area contributed by atoms with Gasteiger partial charge in [0, 0.05) is 17.8 Å². The number of rotatable bonds is 5. The summed E-state index contributed by atoms with van der Waals surface area (Å²) in [6.45, 7) is 1.56. The SMILES string of the molecule is COc1cccc(-c2noc(CN3CCCc4cc(OC)ccc43)n2)c1. The van der Waals surface area contributed by atoms with Crippen molar-refractivity contribution in [2.45, 2.75) is 19.4 Å². The Morgan fingerprint density at radius 3 is 2.77 bits per heavy atom. The molecule has 2 aromatic carbocycles. The van der Waals surface area contributed by atoms with Gasteiger partial charge in [0.1, 0.15) is 11.5 Å². The fourth-order valence-electron chi connectivity index (χ4n) is 3.30. The van der Waals surface area contributed by atoms with Crippen molar-refractivity contribution in [3.05, 3.63) is 53.9 Å². The van der Waals surface area contributed by atoms with Crippen molar-refractivity contribution in [2.24, 2.45) is 0 Å². The minimum Gasteiger partial charge on any atom is -0.497 e. The zero-order valence-electron chi connectivity index (χ0n) is 14.9. The summed E-state index contributed by atoms with van der Waals surface area (Å²) < 4.78 is 16.1. The molecule has 0 fully saturated rings. The van der Waals surface area contributed by atoms with E-state index in [0.717, 1.165) is 36.4 Å². The summed E-state index contributed by atoms with van der Waals surface area (Å²) in [6, 6.07) is 13.9. The Kier molecular flexibility index (Phi) is 4.48. The van der Waals surface area contributed by atoms with Gasteiger partial charge in [0.25, 0.3) is 0 Å². The lowest BCUT2D eigenvalue weighted by Crippen LogP contribution is -2.28. The molecular formula is C20H21N3O3. The fourth-order valence-corrected chi connectivity index (χ4v) is 3.30. The van der Waals surface area contributed by atoms with E-state index in [9.17, 15) is 0 Å². The third kappa shape index (κ3) is 3.22. The van der Waals surface area contributed by atoms with Gasteiger partial charge in [0.05, 0.1) is 20.8 Å². The molecule has 0 spiro atoms. The van der Waals surface area contributed by atoms with Crippen LogP contribution in [0.4, 0.5) is 5.69 Å². The second kappa shape index (κ2) is 7.07. The number of benzene rings is 2. The molecule has 6 heteroatoms. The molecule has 2 heterocycles. The topological polar surface area (TPSA) is 60.6 Å². The van der Waals surface area contributed by atoms with Crippen LogP contribution in [-0.4, -0.2) is 30.9 Å². The molecule has 0 saturated carbocycles. The first-order chi connectivity index (χ1) is 12.8. The van der Waals surface area contributed by atoms with Crippen LogP contribution in [0.5, 0.6) is 11.5 Å². The minimum absolute atomic E-state index is 0.575. The Bertz CT molecular complexity index is 907. The van der Waals surface area contributed by atoms with E-state index in [4.69, 9.17) is 14.0 Å². The lowest BCUT2D eigenvalue weighted by Gasteiger charge is -2.30. The van der Waals surface area contributed by atoms with E-state index in [1.54, 1.807) is 14.2 Å². The summed E-state index contributed by atoms with van der Waals surface area (Å²) in [5, 5.41) is 4.12. The summed E-state index contributed by atoms with van der Waals surface area (Å²) in [4.78, 5) is 6.84. The van der Waals surface area contributed by atoms with Crippen LogP contribution in [0.25, 0.3) is 11.4 Å². The van der Waals surface area contributed by atoms with Crippen molar-refractivity contribution < 1.29 is 14.0 Å². The average Bonchev–Trinajstić information content (AvgIpc) is 3.16. The molecule has 4 rings (SSSR count). The molecule has 0 aliphatic carbocycles. The van der Waals surface area contributed by atoms with E-state index < -0.39 is 0 Å². The van der Waals surface area contributed by atoms with Gasteiger partial charge in [-0.1, -0.05) is 17.3 Å². The van der Waals surface area contributed by atoms with E-state index in [0.29, 0.717) is 18.3 Å². The molecular weight excluding hydrogens is 330 g/mol. The Labute approximate surface area is 152 Å². The first kappa shape index (κ1) is 16.4. The largest absolute Gasteiger partial charge is 0.497 e. The van der Waals surface area contributed by atoms with E-state index in [1.807, 2.05) is 30.3 Å². The van der Waals surface area contributed by atoms with Gasteiger partial charge >= 0.3 is 0 Å². The maximum absolute atomic E-state index is 5.49. The number of methoxy groups -OCH3 is 2. The second-order valence-electron chi connectivity index (χ2n) is 6.26. The van der Waals surface area contributed by atoms with Gasteiger partial charge in [-0.05, 0) is 48.7 Å². The first-order valence-corrected chi connectivity index (χ1v) is 8.65. The van der Waals surface area contributed by atoms with Crippen LogP contribution < -0.4 is 14.4 Å². The highest BCUT2D eigenvalue weighted by Crippen LogP contribution is 2.31. The number of ether oxygens (including phenoxy) is 2. The lowest BCUT2D eigenvalue weighted by molar-refractivity contribution is 0.375. The van der Waals surface area contributed by atoms with E-state index in [1.165, 1.54) is 11.3 Å². The third-order valence-corrected chi connectivity index (χ3v) is 4.62. The number of fused-ring (bicyclic) bond motifs is 1. The Morgan fingerprint density at radius 1 is 1.08 bits per heavy atom. The molecule has 0 radical (unpaired) electrons. The maximum atomic E-state index is 5.49. The maximum Gasteiger partial charge on any atom is 0.246 e. The zero-order chi connectivity index (χ0) is 17.9. The standard InChI is InChI=1S/C20H21N3O3/c1-24-16-7-3-5-15(12-16)20-21-19(26-22-20)13-23-10-4-6-14-11-17(25-2)8-9-18(14)23/h3,5,7-9,11-12H,4,6,10,13H2,1-2H3. The van der Waals surface area contributed by atoms with Crippen molar-refractivity contribution in [3.63, 3.8) is 0 Å². The van der Waals surface area contributed by atoms with Crippen LogP contribution in [-0.2, 0) is 13.0 Å². The smallest absolute Gasteiger partial charge is 0.246 e. The van der Waals surface area contributed by atoms with Crippen LogP contribution in [0.15, 0.2) is 47.0 Å². The summed E-state index contributed by atoms with van der Waals surface area (Å²) in [5.74, 6) is 2.84. The first-order valence-electron chi connectivity index (χ1n) is 8.65. The van der Waals surface area contributed by atoms with Crippen LogP contribution in [0.1, 0.15) is 17.9 Å². The summed E-state index contributed by atoms with van der Waals surface area (Å²) in [6.07, 6.45) is 2.15. The van der Waals surface area contributed by atoms with Crippen molar-refractivity contribution in [1.82, 2.24) is 10.1 Å². The van der Waals surface area contributed by atoms with Gasteiger partial charge in [0.2, 0.25) is 11.7 Å². The molecule has 0 bridgehead atoms. The van der Waals surface area contributed by atoms with Crippen LogP contribution >= 0.6 is 0 Å². The minimum atomic E-state index is 0.575. The molecule has 134 valence electrons. The van der Waals surface area contributed by atoms with Crippen molar-refractivity contribution in [1.29, 1.82) is 0 Å². The Hall–Kier alpha value is -3.02. The van der Waals surface area contributed by atoms with E-state index in [2.05, 4.69) is 27.2 Å². The summed E-state index contributed by atoms with van der Waals surface area (Å²) in [5.41, 5.74) is 3.38. The predicted octanol–water partition coefficient (Wildman–Crippen LogP) is 3.71. The number of aromatic nitrogens is 2. The van der Waals surface area contributed by atoms with E-state index in [-0.39, 0.29) is 0 Å². The molecule has 1 aromatic heterocycles. The highest BCUT2D eigenvalue weighted by atomic mass is 16.5. The molecule has 26 heavy (non-hydrogen) atoms. The molecule has 0 N–H and O–H groups in total. The van der Waals surface area contributed by atoms with Gasteiger partial charge in [-0.3, -0.25) is 0 Å². The summed E-state index contributed by atoms with van der Waals surface area (Å²) >= 11 is 0. The number of hydrogen-bond donors (Lipinski definition) is 0. The number of aryl methyl sites for hydroxylation is 1. The van der Waals surface area contributed by atoms with Gasteiger partial charge in [-0.25, -0.2) is 0 Å². The highest BCUT2D eigenvalue weighted by molar-refractivity contribution is 5.59. The van der Waals surface area contributed by atoms with Crippen LogP contribution in [0, 0.1) is 0 Å². The average molecular weight is 351 g/mol. The van der Waals surface area contributed by atoms with Crippen molar-refractivity contribution in [3.8, 4) is 22.9 Å². The third-order valence-electron chi connectivity index (χ3n) is 4.62. The molecule has 0 saturated heterocycles. The lowest BCUT2D eigenvalue weighted by atomic mass is 10.0. The van der Waals surface area contributed by atoms with Gasteiger partial charge in [-0.15, -0.1) is 0 Å².